The second kappa shape index (κ2) is 6.08. The number of hydrogen-bond donors (Lipinski definition) is 0. The third-order valence-electron chi connectivity index (χ3n) is 3.09. The number of methoxy groups -OCH3 is 2. The van der Waals surface area contributed by atoms with Crippen LogP contribution in [0.4, 0.5) is 11.4 Å². The van der Waals surface area contributed by atoms with E-state index in [0.29, 0.717) is 11.5 Å². The van der Waals surface area contributed by atoms with Crippen LogP contribution in [-0.2, 0) is 0 Å². The lowest BCUT2D eigenvalue weighted by atomic mass is 10.0. The van der Waals surface area contributed by atoms with Gasteiger partial charge in [-0.1, -0.05) is 0 Å². The molecule has 0 amide bonds. The van der Waals surface area contributed by atoms with E-state index in [2.05, 4.69) is 0 Å². The van der Waals surface area contributed by atoms with Gasteiger partial charge in [-0.25, -0.2) is 0 Å². The van der Waals surface area contributed by atoms with E-state index in [1.807, 2.05) is 0 Å². The van der Waals surface area contributed by atoms with Gasteiger partial charge in [0.05, 0.1) is 35.2 Å². The van der Waals surface area contributed by atoms with Crippen molar-refractivity contribution in [2.24, 2.45) is 0 Å². The summed E-state index contributed by atoms with van der Waals surface area (Å²) in [5, 5.41) is 22.4. The first-order chi connectivity index (χ1) is 10.5. The lowest BCUT2D eigenvalue weighted by Gasteiger charge is -2.08. The summed E-state index contributed by atoms with van der Waals surface area (Å²) < 4.78 is 10.1. The first-order valence-corrected chi connectivity index (χ1v) is 6.13. The largest absolute Gasteiger partial charge is 0.497 e. The van der Waals surface area contributed by atoms with Crippen molar-refractivity contribution in [1.29, 1.82) is 0 Å². The molecule has 0 radical (unpaired) electrons. The van der Waals surface area contributed by atoms with Crippen molar-refractivity contribution < 1.29 is 19.3 Å². The first kappa shape index (κ1) is 15.2. The number of rotatable bonds is 5. The molecule has 0 aliphatic rings. The summed E-state index contributed by atoms with van der Waals surface area (Å²) in [5.74, 6) is 0.718. The molecule has 114 valence electrons. The molecule has 0 bridgehead atoms. The first-order valence-electron chi connectivity index (χ1n) is 6.13. The highest BCUT2D eigenvalue weighted by atomic mass is 16.6. The van der Waals surface area contributed by atoms with Gasteiger partial charge in [0.15, 0.2) is 0 Å². The molecule has 22 heavy (non-hydrogen) atoms. The summed E-state index contributed by atoms with van der Waals surface area (Å²) in [7, 11) is 2.82. The van der Waals surface area contributed by atoms with Gasteiger partial charge >= 0.3 is 0 Å². The summed E-state index contributed by atoms with van der Waals surface area (Å²) in [6.45, 7) is 0. The Hall–Kier alpha value is -3.16. The topological polar surface area (TPSA) is 105 Å². The number of ether oxygens (including phenoxy) is 2. The average Bonchev–Trinajstić information content (AvgIpc) is 2.53. The fraction of sp³-hybridized carbons (Fsp3) is 0.143. The Balaban J connectivity index is 2.78. The van der Waals surface area contributed by atoms with E-state index in [1.54, 1.807) is 0 Å². The standard InChI is InChI=1S/C14H12N2O6/c1-21-9-3-5-13(15(17)18)11(7-9)12-8-10(22-2)4-6-14(12)16(19)20/h3-8H,1-2H3. The molecule has 0 aliphatic heterocycles. The van der Waals surface area contributed by atoms with Gasteiger partial charge in [0, 0.05) is 12.1 Å². The minimum Gasteiger partial charge on any atom is -0.497 e. The zero-order chi connectivity index (χ0) is 16.3. The summed E-state index contributed by atoms with van der Waals surface area (Å²) in [6.07, 6.45) is 0. The van der Waals surface area contributed by atoms with E-state index < -0.39 is 9.85 Å². The number of nitro benzene ring substituents is 2. The van der Waals surface area contributed by atoms with Crippen LogP contribution in [0, 0.1) is 20.2 Å². The van der Waals surface area contributed by atoms with Crippen LogP contribution in [0.1, 0.15) is 0 Å². The van der Waals surface area contributed by atoms with Crippen molar-refractivity contribution in [1.82, 2.24) is 0 Å². The van der Waals surface area contributed by atoms with Crippen LogP contribution in [0.25, 0.3) is 11.1 Å². The van der Waals surface area contributed by atoms with Crippen LogP contribution in [0.2, 0.25) is 0 Å². The molecule has 2 aromatic carbocycles. The van der Waals surface area contributed by atoms with Crippen molar-refractivity contribution in [3.63, 3.8) is 0 Å². The van der Waals surface area contributed by atoms with E-state index in [1.165, 1.54) is 50.6 Å². The van der Waals surface area contributed by atoms with Crippen LogP contribution >= 0.6 is 0 Å². The maximum absolute atomic E-state index is 11.2. The van der Waals surface area contributed by atoms with Crippen molar-refractivity contribution in [2.45, 2.75) is 0 Å². The Morgan fingerprint density at radius 1 is 0.773 bits per heavy atom. The quantitative estimate of drug-likeness (QED) is 0.620. The zero-order valence-corrected chi connectivity index (χ0v) is 11.8. The Morgan fingerprint density at radius 2 is 1.14 bits per heavy atom. The normalized spacial score (nSPS) is 10.1. The molecule has 2 rings (SSSR count). The number of hydrogen-bond acceptors (Lipinski definition) is 6. The number of nitro groups is 2. The highest BCUT2D eigenvalue weighted by Crippen LogP contribution is 2.40. The van der Waals surface area contributed by atoms with Gasteiger partial charge in [-0.15, -0.1) is 0 Å². The smallest absolute Gasteiger partial charge is 0.277 e. The molecule has 0 saturated carbocycles. The summed E-state index contributed by atoms with van der Waals surface area (Å²) in [4.78, 5) is 21.2. The summed E-state index contributed by atoms with van der Waals surface area (Å²) in [5.41, 5.74) is -0.320. The maximum Gasteiger partial charge on any atom is 0.277 e. The molecule has 0 N–H and O–H groups in total. The Bertz CT molecular complexity index is 681. The van der Waals surface area contributed by atoms with Crippen LogP contribution < -0.4 is 9.47 Å². The lowest BCUT2D eigenvalue weighted by Crippen LogP contribution is -1.97. The molecule has 0 aliphatic carbocycles. The second-order valence-electron chi connectivity index (χ2n) is 4.28. The number of benzene rings is 2. The fourth-order valence-electron chi connectivity index (χ4n) is 2.03. The van der Waals surface area contributed by atoms with Gasteiger partial charge in [-0.05, 0) is 24.3 Å². The molecule has 0 fully saturated rings. The van der Waals surface area contributed by atoms with Crippen LogP contribution in [0.15, 0.2) is 36.4 Å². The van der Waals surface area contributed by atoms with Crippen molar-refractivity contribution >= 4 is 11.4 Å². The molecule has 0 spiro atoms. The third-order valence-corrected chi connectivity index (χ3v) is 3.09. The van der Waals surface area contributed by atoms with Crippen molar-refractivity contribution in [3.8, 4) is 22.6 Å². The maximum atomic E-state index is 11.2. The van der Waals surface area contributed by atoms with Crippen LogP contribution in [0.3, 0.4) is 0 Å². The van der Waals surface area contributed by atoms with E-state index in [4.69, 9.17) is 9.47 Å². The van der Waals surface area contributed by atoms with E-state index in [0.717, 1.165) is 0 Å². The molecule has 0 aromatic heterocycles. The molecule has 0 atom stereocenters. The minimum absolute atomic E-state index is 0.0925. The molecular formula is C14H12N2O6. The Labute approximate surface area is 125 Å². The van der Waals surface area contributed by atoms with Gasteiger partial charge in [0.1, 0.15) is 11.5 Å². The lowest BCUT2D eigenvalue weighted by molar-refractivity contribution is -0.386. The van der Waals surface area contributed by atoms with E-state index in [9.17, 15) is 20.2 Å². The van der Waals surface area contributed by atoms with Gasteiger partial charge in [-0.2, -0.15) is 0 Å². The molecular weight excluding hydrogens is 292 g/mol. The van der Waals surface area contributed by atoms with Crippen LogP contribution in [0.5, 0.6) is 11.5 Å². The van der Waals surface area contributed by atoms with Gasteiger partial charge < -0.3 is 9.47 Å². The predicted octanol–water partition coefficient (Wildman–Crippen LogP) is 3.19. The molecule has 0 saturated heterocycles. The predicted molar refractivity (Wildman–Crippen MR) is 78.3 cm³/mol. The average molecular weight is 304 g/mol. The van der Waals surface area contributed by atoms with Crippen LogP contribution in [-0.4, -0.2) is 24.1 Å². The highest BCUT2D eigenvalue weighted by Gasteiger charge is 2.24. The summed E-state index contributed by atoms with van der Waals surface area (Å²) in [6, 6.07) is 8.12. The van der Waals surface area contributed by atoms with E-state index in [-0.39, 0.29) is 22.5 Å². The van der Waals surface area contributed by atoms with Gasteiger partial charge in [0.2, 0.25) is 0 Å². The fourth-order valence-corrected chi connectivity index (χ4v) is 2.03. The van der Waals surface area contributed by atoms with Gasteiger partial charge in [-0.3, -0.25) is 20.2 Å². The molecule has 2 aromatic rings. The summed E-state index contributed by atoms with van der Waals surface area (Å²) >= 11 is 0. The monoisotopic (exact) mass is 304 g/mol. The second-order valence-corrected chi connectivity index (χ2v) is 4.28. The van der Waals surface area contributed by atoms with E-state index >= 15 is 0 Å². The molecule has 8 nitrogen and oxygen atoms in total. The zero-order valence-electron chi connectivity index (χ0n) is 11.8. The Kier molecular flexibility index (Phi) is 4.21. The van der Waals surface area contributed by atoms with Crippen molar-refractivity contribution in [3.05, 3.63) is 56.6 Å². The minimum atomic E-state index is -0.599. The van der Waals surface area contributed by atoms with Gasteiger partial charge in [0.25, 0.3) is 11.4 Å². The third kappa shape index (κ3) is 2.80. The Morgan fingerprint density at radius 3 is 1.41 bits per heavy atom. The van der Waals surface area contributed by atoms with Crippen molar-refractivity contribution in [2.75, 3.05) is 14.2 Å². The molecule has 8 heteroatoms. The molecule has 0 heterocycles. The SMILES string of the molecule is COc1ccc([N+](=O)[O-])c(-c2cc(OC)ccc2[N+](=O)[O-])c1. The number of nitrogens with zero attached hydrogens (tertiary/aromatic N) is 2. The highest BCUT2D eigenvalue weighted by molar-refractivity contribution is 5.82. The molecule has 0 unspecified atom stereocenters.